The maximum absolute atomic E-state index is 13.2. The minimum atomic E-state index is -0.396. The molecule has 21 heavy (non-hydrogen) atoms. The van der Waals surface area contributed by atoms with Crippen LogP contribution in [0.15, 0.2) is 36.4 Å². The van der Waals surface area contributed by atoms with Gasteiger partial charge in [-0.05, 0) is 72.7 Å². The lowest BCUT2D eigenvalue weighted by Gasteiger charge is -2.27. The van der Waals surface area contributed by atoms with E-state index < -0.39 is 5.54 Å². The van der Waals surface area contributed by atoms with Crippen LogP contribution in [0.5, 0.6) is 5.75 Å². The molecule has 2 aromatic carbocycles. The third kappa shape index (κ3) is 2.54. The largest absolute Gasteiger partial charge is 0.497 e. The first-order chi connectivity index (χ1) is 10.0. The lowest BCUT2D eigenvalue weighted by molar-refractivity contribution is 0.407. The van der Waals surface area contributed by atoms with Gasteiger partial charge in [0, 0.05) is 5.54 Å². The molecule has 0 saturated carbocycles. The number of rotatable bonds is 3. The number of hydrogen-bond donors (Lipinski definition) is 1. The van der Waals surface area contributed by atoms with E-state index in [0.717, 1.165) is 41.7 Å². The second-order valence-corrected chi connectivity index (χ2v) is 5.93. The predicted molar refractivity (Wildman–Crippen MR) is 82.0 cm³/mol. The molecule has 1 atom stereocenters. The van der Waals surface area contributed by atoms with Gasteiger partial charge in [-0.15, -0.1) is 0 Å². The fraction of sp³-hybridized carbons (Fsp3) is 0.333. The van der Waals surface area contributed by atoms with Gasteiger partial charge in [0.1, 0.15) is 11.6 Å². The molecule has 3 rings (SSSR count). The van der Waals surface area contributed by atoms with Crippen LogP contribution in [0.3, 0.4) is 0 Å². The Bertz CT molecular complexity index is 683. The molecule has 110 valence electrons. The number of nitrogens with two attached hydrogens (primary N) is 1. The Morgan fingerprint density at radius 1 is 1.24 bits per heavy atom. The molecule has 0 aromatic heterocycles. The van der Waals surface area contributed by atoms with Crippen LogP contribution in [-0.2, 0) is 18.4 Å². The minimum absolute atomic E-state index is 0.198. The summed E-state index contributed by atoms with van der Waals surface area (Å²) in [6.45, 7) is 1.93. The average Bonchev–Trinajstić information content (AvgIpc) is 2.79. The highest BCUT2D eigenvalue weighted by Gasteiger charge is 2.35. The summed E-state index contributed by atoms with van der Waals surface area (Å²) >= 11 is 0. The molecule has 1 aliphatic carbocycles. The Balaban J connectivity index is 1.96. The van der Waals surface area contributed by atoms with Crippen LogP contribution >= 0.6 is 0 Å². The van der Waals surface area contributed by atoms with Crippen molar-refractivity contribution < 1.29 is 9.13 Å². The Labute approximate surface area is 124 Å². The summed E-state index contributed by atoms with van der Waals surface area (Å²) in [7, 11) is 1.67. The van der Waals surface area contributed by atoms with Crippen molar-refractivity contribution in [2.75, 3.05) is 7.11 Å². The molecule has 2 nitrogen and oxygen atoms in total. The van der Waals surface area contributed by atoms with Crippen LogP contribution in [0.2, 0.25) is 0 Å². The van der Waals surface area contributed by atoms with Gasteiger partial charge in [-0.2, -0.15) is 0 Å². The fourth-order valence-electron chi connectivity index (χ4n) is 3.24. The molecular weight excluding hydrogens is 265 g/mol. The molecule has 0 spiro atoms. The summed E-state index contributed by atoms with van der Waals surface area (Å²) in [5.41, 5.74) is 10.8. The quantitative estimate of drug-likeness (QED) is 0.937. The van der Waals surface area contributed by atoms with E-state index in [0.29, 0.717) is 0 Å². The first-order valence-electron chi connectivity index (χ1n) is 7.23. The maximum atomic E-state index is 13.2. The van der Waals surface area contributed by atoms with E-state index in [1.807, 2.05) is 25.1 Å². The molecule has 0 amide bonds. The number of hydrogen-bond acceptors (Lipinski definition) is 2. The Morgan fingerprint density at radius 3 is 2.76 bits per heavy atom. The van der Waals surface area contributed by atoms with Crippen LogP contribution in [0, 0.1) is 12.7 Å². The van der Waals surface area contributed by atoms with Crippen molar-refractivity contribution in [3.8, 4) is 5.75 Å². The van der Waals surface area contributed by atoms with Gasteiger partial charge in [-0.1, -0.05) is 12.1 Å². The number of ether oxygens (including phenoxy) is 1. The standard InChI is InChI=1S/C18H20FNO/c1-12-9-15(19)5-3-14(12)11-18(20)8-7-13-4-6-16(21-2)10-17(13)18/h3-6,9-10H,7-8,11,20H2,1-2H3. The van der Waals surface area contributed by atoms with Crippen molar-refractivity contribution in [3.63, 3.8) is 0 Å². The molecule has 0 saturated heterocycles. The van der Waals surface area contributed by atoms with Gasteiger partial charge in [0.2, 0.25) is 0 Å². The van der Waals surface area contributed by atoms with Crippen molar-refractivity contribution in [1.82, 2.24) is 0 Å². The first-order valence-corrected chi connectivity index (χ1v) is 7.23. The van der Waals surface area contributed by atoms with Crippen molar-refractivity contribution >= 4 is 0 Å². The summed E-state index contributed by atoms with van der Waals surface area (Å²) in [6.07, 6.45) is 2.61. The zero-order chi connectivity index (χ0) is 15.0. The highest BCUT2D eigenvalue weighted by molar-refractivity contribution is 5.45. The molecule has 0 bridgehead atoms. The smallest absolute Gasteiger partial charge is 0.123 e. The molecule has 0 radical (unpaired) electrons. The van der Waals surface area contributed by atoms with E-state index in [4.69, 9.17) is 10.5 Å². The van der Waals surface area contributed by atoms with Crippen LogP contribution in [-0.4, -0.2) is 7.11 Å². The van der Waals surface area contributed by atoms with Gasteiger partial charge in [0.15, 0.2) is 0 Å². The molecular formula is C18H20FNO. The van der Waals surface area contributed by atoms with Crippen molar-refractivity contribution in [2.45, 2.75) is 31.7 Å². The van der Waals surface area contributed by atoms with E-state index in [1.54, 1.807) is 13.2 Å². The number of benzene rings is 2. The second kappa shape index (κ2) is 5.15. The zero-order valence-electron chi connectivity index (χ0n) is 12.4. The van der Waals surface area contributed by atoms with Gasteiger partial charge < -0.3 is 10.5 Å². The molecule has 1 aliphatic rings. The Kier molecular flexibility index (Phi) is 3.46. The SMILES string of the molecule is COc1ccc2c(c1)C(N)(Cc1ccc(F)cc1C)CC2. The third-order valence-electron chi connectivity index (χ3n) is 4.50. The molecule has 3 heteroatoms. The highest BCUT2D eigenvalue weighted by atomic mass is 19.1. The molecule has 0 fully saturated rings. The minimum Gasteiger partial charge on any atom is -0.497 e. The molecule has 0 aliphatic heterocycles. The van der Waals surface area contributed by atoms with Crippen molar-refractivity contribution in [2.24, 2.45) is 5.73 Å². The van der Waals surface area contributed by atoms with Gasteiger partial charge >= 0.3 is 0 Å². The first kappa shape index (κ1) is 14.1. The monoisotopic (exact) mass is 285 g/mol. The summed E-state index contributed by atoms with van der Waals surface area (Å²) in [5, 5.41) is 0. The number of methoxy groups -OCH3 is 1. The summed E-state index contributed by atoms with van der Waals surface area (Å²) in [5.74, 6) is 0.636. The van der Waals surface area contributed by atoms with E-state index in [2.05, 4.69) is 6.07 Å². The summed E-state index contributed by atoms with van der Waals surface area (Å²) < 4.78 is 18.6. The van der Waals surface area contributed by atoms with Gasteiger partial charge in [0.25, 0.3) is 0 Å². The van der Waals surface area contributed by atoms with Crippen LogP contribution in [0.1, 0.15) is 28.7 Å². The number of halogens is 1. The van der Waals surface area contributed by atoms with Crippen molar-refractivity contribution in [1.29, 1.82) is 0 Å². The Morgan fingerprint density at radius 2 is 2.05 bits per heavy atom. The number of aryl methyl sites for hydroxylation is 2. The predicted octanol–water partition coefficient (Wildman–Crippen LogP) is 3.49. The second-order valence-electron chi connectivity index (χ2n) is 5.93. The van der Waals surface area contributed by atoms with Crippen LogP contribution in [0.4, 0.5) is 4.39 Å². The number of fused-ring (bicyclic) bond motifs is 1. The van der Waals surface area contributed by atoms with Gasteiger partial charge in [-0.25, -0.2) is 4.39 Å². The maximum Gasteiger partial charge on any atom is 0.123 e. The summed E-state index contributed by atoms with van der Waals surface area (Å²) in [6, 6.07) is 11.0. The topological polar surface area (TPSA) is 35.2 Å². The third-order valence-corrected chi connectivity index (χ3v) is 4.50. The van der Waals surface area contributed by atoms with E-state index in [9.17, 15) is 4.39 Å². The fourth-order valence-corrected chi connectivity index (χ4v) is 3.24. The normalized spacial score (nSPS) is 20.4. The highest BCUT2D eigenvalue weighted by Crippen LogP contribution is 2.39. The van der Waals surface area contributed by atoms with E-state index >= 15 is 0 Å². The summed E-state index contributed by atoms with van der Waals surface area (Å²) in [4.78, 5) is 0. The van der Waals surface area contributed by atoms with Gasteiger partial charge in [-0.3, -0.25) is 0 Å². The Hall–Kier alpha value is -1.87. The zero-order valence-corrected chi connectivity index (χ0v) is 12.4. The molecule has 1 unspecified atom stereocenters. The average molecular weight is 285 g/mol. The van der Waals surface area contributed by atoms with Crippen molar-refractivity contribution in [3.05, 3.63) is 64.5 Å². The molecule has 0 heterocycles. The van der Waals surface area contributed by atoms with E-state index in [1.165, 1.54) is 11.6 Å². The molecule has 2 N–H and O–H groups in total. The van der Waals surface area contributed by atoms with Gasteiger partial charge in [0.05, 0.1) is 7.11 Å². The van der Waals surface area contributed by atoms with E-state index in [-0.39, 0.29) is 5.82 Å². The molecule has 2 aromatic rings. The van der Waals surface area contributed by atoms with Crippen LogP contribution < -0.4 is 10.5 Å². The lowest BCUT2D eigenvalue weighted by atomic mass is 9.85. The lowest BCUT2D eigenvalue weighted by Crippen LogP contribution is -2.36. The van der Waals surface area contributed by atoms with Crippen LogP contribution in [0.25, 0.3) is 0 Å².